The molecule has 1 amide bonds. The lowest BCUT2D eigenvalue weighted by atomic mass is 10.1. The van der Waals surface area contributed by atoms with Crippen LogP contribution in [-0.2, 0) is 33.4 Å². The molecule has 2 heterocycles. The smallest absolute Gasteiger partial charge is 0.365 e. The van der Waals surface area contributed by atoms with Crippen molar-refractivity contribution in [3.8, 4) is 0 Å². The first-order valence-corrected chi connectivity index (χ1v) is 10.2. The number of anilines is 1. The molecule has 3 rings (SSSR count). The quantitative estimate of drug-likeness (QED) is 0.691. The second-order valence-electron chi connectivity index (χ2n) is 8.58. The largest absolute Gasteiger partial charge is 0.416 e. The van der Waals surface area contributed by atoms with Gasteiger partial charge in [-0.2, -0.15) is 13.2 Å². The van der Waals surface area contributed by atoms with Gasteiger partial charge in [-0.3, -0.25) is 4.79 Å². The number of benzene rings is 1. The maximum absolute atomic E-state index is 13.0. The fourth-order valence-electron chi connectivity index (χ4n) is 3.34. The predicted octanol–water partition coefficient (Wildman–Crippen LogP) is 3.92. The van der Waals surface area contributed by atoms with Crippen molar-refractivity contribution < 1.29 is 27.4 Å². The van der Waals surface area contributed by atoms with Gasteiger partial charge in [0, 0.05) is 12.1 Å². The number of aromatic nitrogens is 2. The van der Waals surface area contributed by atoms with E-state index < -0.39 is 23.6 Å². The molecule has 2 N–H and O–H groups in total. The SMILES string of the molecule is Cc1nc(CC(=O)NC(C)(C)C)c(C2OCCO2)c(NCc2cccc(C(F)(F)F)c2)n1. The van der Waals surface area contributed by atoms with Crippen molar-refractivity contribution in [2.45, 2.75) is 58.7 Å². The molecule has 1 fully saturated rings. The van der Waals surface area contributed by atoms with Crippen LogP contribution in [0.3, 0.4) is 0 Å². The van der Waals surface area contributed by atoms with Gasteiger partial charge in [0.25, 0.3) is 0 Å². The van der Waals surface area contributed by atoms with Gasteiger partial charge in [0.2, 0.25) is 5.91 Å². The Labute approximate surface area is 184 Å². The third-order valence-electron chi connectivity index (χ3n) is 4.55. The maximum atomic E-state index is 13.0. The minimum absolute atomic E-state index is 0.0164. The summed E-state index contributed by atoms with van der Waals surface area (Å²) in [6.45, 7) is 8.15. The fourth-order valence-corrected chi connectivity index (χ4v) is 3.34. The number of rotatable bonds is 6. The zero-order chi connectivity index (χ0) is 23.5. The Morgan fingerprint density at radius 2 is 1.84 bits per heavy atom. The molecule has 1 aromatic heterocycles. The molecule has 1 aromatic carbocycles. The Hall–Kier alpha value is -2.72. The van der Waals surface area contributed by atoms with E-state index in [0.717, 1.165) is 12.1 Å². The standard InChI is InChI=1S/C22H27F3N4O3/c1-13-27-16(11-17(30)29-21(2,3)4)18(20-31-8-9-32-20)19(28-13)26-12-14-6-5-7-15(10-14)22(23,24)25/h5-7,10,20H,8-9,11-12H2,1-4H3,(H,29,30)(H,26,27,28). The number of amides is 1. The Bertz CT molecular complexity index is 968. The van der Waals surface area contributed by atoms with E-state index in [1.165, 1.54) is 6.07 Å². The van der Waals surface area contributed by atoms with Crippen LogP contribution in [-0.4, -0.2) is 34.6 Å². The Kier molecular flexibility index (Phi) is 7.04. The molecule has 1 aliphatic rings. The first kappa shape index (κ1) is 23.9. The minimum atomic E-state index is -4.42. The van der Waals surface area contributed by atoms with E-state index in [-0.39, 0.29) is 18.9 Å². The van der Waals surface area contributed by atoms with Crippen molar-refractivity contribution in [2.75, 3.05) is 18.5 Å². The van der Waals surface area contributed by atoms with Crippen LogP contribution in [0.1, 0.15) is 55.3 Å². The van der Waals surface area contributed by atoms with E-state index in [1.54, 1.807) is 13.0 Å². The molecule has 7 nitrogen and oxygen atoms in total. The molecule has 1 saturated heterocycles. The Morgan fingerprint density at radius 3 is 2.47 bits per heavy atom. The van der Waals surface area contributed by atoms with Gasteiger partial charge in [-0.25, -0.2) is 9.97 Å². The predicted molar refractivity (Wildman–Crippen MR) is 112 cm³/mol. The number of ether oxygens (including phenoxy) is 2. The number of nitrogens with one attached hydrogen (secondary N) is 2. The highest BCUT2D eigenvalue weighted by molar-refractivity contribution is 5.79. The summed E-state index contributed by atoms with van der Waals surface area (Å²) in [6, 6.07) is 5.06. The van der Waals surface area contributed by atoms with Crippen LogP contribution in [0.15, 0.2) is 24.3 Å². The van der Waals surface area contributed by atoms with Gasteiger partial charge in [-0.05, 0) is 45.4 Å². The highest BCUT2D eigenvalue weighted by Crippen LogP contribution is 2.33. The van der Waals surface area contributed by atoms with Crippen LogP contribution < -0.4 is 10.6 Å². The number of alkyl halides is 3. The molecule has 10 heteroatoms. The van der Waals surface area contributed by atoms with Crippen molar-refractivity contribution in [1.82, 2.24) is 15.3 Å². The van der Waals surface area contributed by atoms with E-state index in [2.05, 4.69) is 20.6 Å². The second-order valence-corrected chi connectivity index (χ2v) is 8.58. The molecule has 0 spiro atoms. The Balaban J connectivity index is 1.89. The molecule has 0 bridgehead atoms. The topological polar surface area (TPSA) is 85.4 Å². The first-order valence-electron chi connectivity index (χ1n) is 10.2. The van der Waals surface area contributed by atoms with Crippen molar-refractivity contribution in [3.05, 3.63) is 52.5 Å². The van der Waals surface area contributed by atoms with Gasteiger partial charge in [0.1, 0.15) is 11.6 Å². The van der Waals surface area contributed by atoms with Crippen LogP contribution >= 0.6 is 0 Å². The van der Waals surface area contributed by atoms with Crippen LogP contribution in [0.4, 0.5) is 19.0 Å². The molecular formula is C22H27F3N4O3. The van der Waals surface area contributed by atoms with E-state index >= 15 is 0 Å². The van der Waals surface area contributed by atoms with Gasteiger partial charge in [0.15, 0.2) is 6.29 Å². The molecule has 0 aliphatic carbocycles. The third-order valence-corrected chi connectivity index (χ3v) is 4.55. The second kappa shape index (κ2) is 9.41. The Morgan fingerprint density at radius 1 is 1.16 bits per heavy atom. The number of halogens is 3. The van der Waals surface area contributed by atoms with Crippen molar-refractivity contribution >= 4 is 11.7 Å². The molecule has 1 aliphatic heterocycles. The lowest BCUT2D eigenvalue weighted by Crippen LogP contribution is -2.41. The maximum Gasteiger partial charge on any atom is 0.416 e. The van der Waals surface area contributed by atoms with Crippen LogP contribution in [0.5, 0.6) is 0 Å². The number of carbonyl (C=O) groups excluding carboxylic acids is 1. The number of hydrogen-bond donors (Lipinski definition) is 2. The van der Waals surface area contributed by atoms with Crippen molar-refractivity contribution in [3.63, 3.8) is 0 Å². The van der Waals surface area contributed by atoms with Gasteiger partial charge in [-0.15, -0.1) is 0 Å². The molecule has 32 heavy (non-hydrogen) atoms. The fraction of sp³-hybridized carbons (Fsp3) is 0.500. The average Bonchev–Trinajstić information content (AvgIpc) is 3.18. The summed E-state index contributed by atoms with van der Waals surface area (Å²) in [5, 5.41) is 5.97. The lowest BCUT2D eigenvalue weighted by molar-refractivity contribution is -0.137. The molecule has 0 saturated carbocycles. The number of aryl methyl sites for hydroxylation is 1. The molecule has 0 radical (unpaired) electrons. The van der Waals surface area contributed by atoms with E-state index in [0.29, 0.717) is 41.7 Å². The number of carbonyl (C=O) groups is 1. The van der Waals surface area contributed by atoms with Gasteiger partial charge in [0.05, 0.1) is 36.5 Å². The summed E-state index contributed by atoms with van der Waals surface area (Å²) >= 11 is 0. The monoisotopic (exact) mass is 452 g/mol. The highest BCUT2D eigenvalue weighted by atomic mass is 19.4. The minimum Gasteiger partial charge on any atom is -0.365 e. The summed E-state index contributed by atoms with van der Waals surface area (Å²) in [4.78, 5) is 21.4. The molecule has 0 atom stereocenters. The molecule has 2 aromatic rings. The van der Waals surface area contributed by atoms with Gasteiger partial charge < -0.3 is 20.1 Å². The van der Waals surface area contributed by atoms with Gasteiger partial charge in [-0.1, -0.05) is 12.1 Å². The van der Waals surface area contributed by atoms with E-state index in [1.807, 2.05) is 20.8 Å². The highest BCUT2D eigenvalue weighted by Gasteiger charge is 2.31. The van der Waals surface area contributed by atoms with Gasteiger partial charge >= 0.3 is 6.18 Å². The van der Waals surface area contributed by atoms with E-state index in [9.17, 15) is 18.0 Å². The summed E-state index contributed by atoms with van der Waals surface area (Å²) in [5.74, 6) is 0.552. The van der Waals surface area contributed by atoms with Crippen LogP contribution in [0.25, 0.3) is 0 Å². The van der Waals surface area contributed by atoms with Crippen LogP contribution in [0.2, 0.25) is 0 Å². The summed E-state index contributed by atoms with van der Waals surface area (Å²) < 4.78 is 50.4. The molecule has 0 unspecified atom stereocenters. The van der Waals surface area contributed by atoms with Crippen LogP contribution in [0, 0.1) is 6.92 Å². The number of nitrogens with zero attached hydrogens (tertiary/aromatic N) is 2. The zero-order valence-corrected chi connectivity index (χ0v) is 18.5. The van der Waals surface area contributed by atoms with Crippen molar-refractivity contribution in [1.29, 1.82) is 0 Å². The first-order chi connectivity index (χ1) is 14.9. The zero-order valence-electron chi connectivity index (χ0n) is 18.5. The third kappa shape index (κ3) is 6.39. The normalized spacial score (nSPS) is 15.1. The summed E-state index contributed by atoms with van der Waals surface area (Å²) in [7, 11) is 0. The van der Waals surface area contributed by atoms with Crippen molar-refractivity contribution in [2.24, 2.45) is 0 Å². The summed E-state index contributed by atoms with van der Waals surface area (Å²) in [6.07, 6.45) is -5.21. The number of hydrogen-bond acceptors (Lipinski definition) is 6. The molecule has 174 valence electrons. The average molecular weight is 452 g/mol. The summed E-state index contributed by atoms with van der Waals surface area (Å²) in [5.41, 5.74) is 0.214. The lowest BCUT2D eigenvalue weighted by Gasteiger charge is -2.22. The van der Waals surface area contributed by atoms with E-state index in [4.69, 9.17) is 9.47 Å². The molecular weight excluding hydrogens is 425 g/mol.